The molecule has 0 aliphatic carbocycles. The van der Waals surface area contributed by atoms with Crippen LogP contribution in [0.5, 0.6) is 0 Å². The second-order valence-electron chi connectivity index (χ2n) is 4.42. The fourth-order valence-corrected chi connectivity index (χ4v) is 1.90. The second-order valence-corrected chi connectivity index (χ2v) is 4.42. The zero-order valence-corrected chi connectivity index (χ0v) is 10.1. The number of carbonyl (C=O) groups excluding carboxylic acids is 1. The summed E-state index contributed by atoms with van der Waals surface area (Å²) in [5.41, 5.74) is 7.96. The summed E-state index contributed by atoms with van der Waals surface area (Å²) in [5.74, 6) is 0. The number of benzene rings is 1. The molecule has 0 aromatic heterocycles. The monoisotopic (exact) mass is 234 g/mol. The van der Waals surface area contributed by atoms with Crippen LogP contribution in [0.2, 0.25) is 0 Å². The zero-order chi connectivity index (χ0) is 12.3. The Balaban J connectivity index is 1.86. The number of amides is 1. The first-order chi connectivity index (χ1) is 8.19. The van der Waals surface area contributed by atoms with Gasteiger partial charge in [-0.25, -0.2) is 4.79 Å². The summed E-state index contributed by atoms with van der Waals surface area (Å²) in [7, 11) is 0. The molecule has 1 amide bonds. The molecule has 1 saturated heterocycles. The van der Waals surface area contributed by atoms with E-state index in [-0.39, 0.29) is 12.2 Å². The van der Waals surface area contributed by atoms with E-state index in [9.17, 15) is 4.79 Å². The zero-order valence-electron chi connectivity index (χ0n) is 10.1. The number of hydrogen-bond acceptors (Lipinski definition) is 3. The number of aryl methyl sites for hydroxylation is 1. The highest BCUT2D eigenvalue weighted by molar-refractivity contribution is 5.69. The van der Waals surface area contributed by atoms with Gasteiger partial charge in [0.15, 0.2) is 0 Å². The number of nitrogens with two attached hydrogens (primary N) is 1. The van der Waals surface area contributed by atoms with E-state index in [4.69, 9.17) is 10.5 Å². The van der Waals surface area contributed by atoms with E-state index < -0.39 is 0 Å². The van der Waals surface area contributed by atoms with E-state index in [1.54, 1.807) is 4.90 Å². The van der Waals surface area contributed by atoms with Gasteiger partial charge in [-0.3, -0.25) is 0 Å². The van der Waals surface area contributed by atoms with Crippen LogP contribution in [0, 0.1) is 6.92 Å². The Bertz CT molecular complexity index is 389. The molecule has 2 rings (SSSR count). The third-order valence-electron chi connectivity index (χ3n) is 3.00. The minimum atomic E-state index is -0.243. The highest BCUT2D eigenvalue weighted by atomic mass is 16.6. The standard InChI is InChI=1S/C13H18N2O2/c1-10-2-4-11(5-3-10)6-7-15-9-12(8-14)17-13(15)16/h2-5,12H,6-9,14H2,1H3. The minimum absolute atomic E-state index is 0.138. The molecule has 4 nitrogen and oxygen atoms in total. The fourth-order valence-electron chi connectivity index (χ4n) is 1.90. The van der Waals surface area contributed by atoms with Crippen LogP contribution in [-0.2, 0) is 11.2 Å². The molecule has 92 valence electrons. The maximum atomic E-state index is 11.5. The van der Waals surface area contributed by atoms with E-state index in [0.29, 0.717) is 19.6 Å². The molecule has 4 heteroatoms. The van der Waals surface area contributed by atoms with Crippen molar-refractivity contribution >= 4 is 6.09 Å². The van der Waals surface area contributed by atoms with Gasteiger partial charge >= 0.3 is 6.09 Å². The number of hydrogen-bond donors (Lipinski definition) is 1. The molecule has 1 fully saturated rings. The molecule has 1 aliphatic heterocycles. The van der Waals surface area contributed by atoms with Crippen LogP contribution in [0.1, 0.15) is 11.1 Å². The quantitative estimate of drug-likeness (QED) is 0.854. The van der Waals surface area contributed by atoms with Crippen molar-refractivity contribution in [1.82, 2.24) is 4.90 Å². The van der Waals surface area contributed by atoms with Gasteiger partial charge in [-0.15, -0.1) is 0 Å². The maximum absolute atomic E-state index is 11.5. The SMILES string of the molecule is Cc1ccc(CCN2CC(CN)OC2=O)cc1. The van der Waals surface area contributed by atoms with E-state index >= 15 is 0 Å². The van der Waals surface area contributed by atoms with Gasteiger partial charge in [0.05, 0.1) is 6.54 Å². The summed E-state index contributed by atoms with van der Waals surface area (Å²) in [6, 6.07) is 8.36. The number of cyclic esters (lactones) is 1. The Hall–Kier alpha value is -1.55. The molecule has 1 aromatic rings. The predicted octanol–water partition coefficient (Wildman–Crippen LogP) is 1.32. The van der Waals surface area contributed by atoms with Crippen molar-refractivity contribution in [3.8, 4) is 0 Å². The van der Waals surface area contributed by atoms with Crippen LogP contribution < -0.4 is 5.73 Å². The molecule has 1 heterocycles. The Morgan fingerprint density at radius 2 is 2.12 bits per heavy atom. The summed E-state index contributed by atoms with van der Waals surface area (Å²) < 4.78 is 5.09. The molecule has 0 radical (unpaired) electrons. The summed E-state index contributed by atoms with van der Waals surface area (Å²) in [4.78, 5) is 13.2. The Kier molecular flexibility index (Phi) is 3.64. The lowest BCUT2D eigenvalue weighted by Crippen LogP contribution is -2.29. The minimum Gasteiger partial charge on any atom is -0.443 e. The van der Waals surface area contributed by atoms with Crippen LogP contribution in [-0.4, -0.2) is 36.7 Å². The van der Waals surface area contributed by atoms with Gasteiger partial charge in [-0.1, -0.05) is 29.8 Å². The summed E-state index contributed by atoms with van der Waals surface area (Å²) in [6.45, 7) is 3.76. The molecule has 0 spiro atoms. The van der Waals surface area contributed by atoms with Crippen LogP contribution in [0.25, 0.3) is 0 Å². The molecule has 0 bridgehead atoms. The van der Waals surface area contributed by atoms with Gasteiger partial charge in [0, 0.05) is 13.1 Å². The number of nitrogens with zero attached hydrogens (tertiary/aromatic N) is 1. The highest BCUT2D eigenvalue weighted by Crippen LogP contribution is 2.12. The van der Waals surface area contributed by atoms with Crippen LogP contribution >= 0.6 is 0 Å². The summed E-state index contributed by atoms with van der Waals surface area (Å²) >= 11 is 0. The van der Waals surface area contributed by atoms with E-state index in [2.05, 4.69) is 31.2 Å². The largest absolute Gasteiger partial charge is 0.443 e. The van der Waals surface area contributed by atoms with Crippen molar-refractivity contribution in [3.05, 3.63) is 35.4 Å². The Morgan fingerprint density at radius 3 is 2.71 bits per heavy atom. The lowest BCUT2D eigenvalue weighted by molar-refractivity contribution is 0.135. The van der Waals surface area contributed by atoms with Crippen LogP contribution in [0.3, 0.4) is 0 Å². The topological polar surface area (TPSA) is 55.6 Å². The second kappa shape index (κ2) is 5.19. The van der Waals surface area contributed by atoms with Crippen molar-refractivity contribution in [3.63, 3.8) is 0 Å². The summed E-state index contributed by atoms with van der Waals surface area (Å²) in [5, 5.41) is 0. The Morgan fingerprint density at radius 1 is 1.41 bits per heavy atom. The average molecular weight is 234 g/mol. The van der Waals surface area contributed by atoms with E-state index in [0.717, 1.165) is 6.42 Å². The van der Waals surface area contributed by atoms with Gasteiger partial charge in [-0.05, 0) is 18.9 Å². The normalized spacial score (nSPS) is 19.5. The lowest BCUT2D eigenvalue weighted by atomic mass is 10.1. The fraction of sp³-hybridized carbons (Fsp3) is 0.462. The van der Waals surface area contributed by atoms with E-state index in [1.165, 1.54) is 11.1 Å². The maximum Gasteiger partial charge on any atom is 0.410 e. The van der Waals surface area contributed by atoms with Crippen LogP contribution in [0.4, 0.5) is 4.79 Å². The van der Waals surface area contributed by atoms with Crippen LogP contribution in [0.15, 0.2) is 24.3 Å². The first-order valence-corrected chi connectivity index (χ1v) is 5.90. The summed E-state index contributed by atoms with van der Waals surface area (Å²) in [6.07, 6.45) is 0.472. The third-order valence-corrected chi connectivity index (χ3v) is 3.00. The van der Waals surface area contributed by atoms with Gasteiger partial charge in [-0.2, -0.15) is 0 Å². The Labute approximate surface area is 101 Å². The van der Waals surface area contributed by atoms with Crippen molar-refractivity contribution in [1.29, 1.82) is 0 Å². The molecule has 1 aromatic carbocycles. The van der Waals surface area contributed by atoms with E-state index in [1.807, 2.05) is 0 Å². The van der Waals surface area contributed by atoms with Crippen molar-refractivity contribution in [2.45, 2.75) is 19.4 Å². The third kappa shape index (κ3) is 2.97. The number of rotatable bonds is 4. The van der Waals surface area contributed by atoms with Gasteiger partial charge < -0.3 is 15.4 Å². The predicted molar refractivity (Wildman–Crippen MR) is 65.8 cm³/mol. The first kappa shape index (κ1) is 11.9. The lowest BCUT2D eigenvalue weighted by Gasteiger charge is -2.12. The molecule has 17 heavy (non-hydrogen) atoms. The number of carbonyl (C=O) groups is 1. The smallest absolute Gasteiger partial charge is 0.410 e. The first-order valence-electron chi connectivity index (χ1n) is 5.90. The number of ether oxygens (including phenoxy) is 1. The molecule has 2 N–H and O–H groups in total. The molecular formula is C13H18N2O2. The van der Waals surface area contributed by atoms with Crippen molar-refractivity contribution < 1.29 is 9.53 Å². The molecule has 1 aliphatic rings. The van der Waals surface area contributed by atoms with Crippen molar-refractivity contribution in [2.75, 3.05) is 19.6 Å². The van der Waals surface area contributed by atoms with Gasteiger partial charge in [0.2, 0.25) is 0 Å². The molecule has 0 saturated carbocycles. The highest BCUT2D eigenvalue weighted by Gasteiger charge is 2.29. The molecule has 1 unspecified atom stereocenters. The molecular weight excluding hydrogens is 216 g/mol. The van der Waals surface area contributed by atoms with Crippen molar-refractivity contribution in [2.24, 2.45) is 5.73 Å². The molecule has 1 atom stereocenters. The van der Waals surface area contributed by atoms with Gasteiger partial charge in [0.25, 0.3) is 0 Å². The van der Waals surface area contributed by atoms with Gasteiger partial charge in [0.1, 0.15) is 6.10 Å². The average Bonchev–Trinajstić information content (AvgIpc) is 2.69.